The summed E-state index contributed by atoms with van der Waals surface area (Å²) in [4.78, 5) is 24.3. The lowest BCUT2D eigenvalue weighted by molar-refractivity contribution is -0.107. The molecule has 0 spiro atoms. The molecule has 0 atom stereocenters. The van der Waals surface area contributed by atoms with E-state index in [1.165, 1.54) is 7.11 Å². The smallest absolute Gasteiger partial charge is 0.341 e. The van der Waals surface area contributed by atoms with Crippen molar-refractivity contribution in [3.8, 4) is 34.5 Å². The highest BCUT2D eigenvalue weighted by molar-refractivity contribution is 5.96. The van der Waals surface area contributed by atoms with Crippen LogP contribution < -0.4 is 28.4 Å². The van der Waals surface area contributed by atoms with Gasteiger partial charge in [-0.1, -0.05) is 12.1 Å². The summed E-state index contributed by atoms with van der Waals surface area (Å²) >= 11 is 0. The van der Waals surface area contributed by atoms with Gasteiger partial charge in [-0.25, -0.2) is 4.79 Å². The molecule has 0 aliphatic carbocycles. The fourth-order valence-electron chi connectivity index (χ4n) is 3.98. The fraction of sp³-hybridized carbons (Fsp3) is 0.310. The number of hydrogen-bond donors (Lipinski definition) is 0. The summed E-state index contributed by atoms with van der Waals surface area (Å²) in [5, 5.41) is 0. The first-order valence-electron chi connectivity index (χ1n) is 11.8. The maximum absolute atomic E-state index is 12.8. The Labute approximate surface area is 222 Å². The standard InChI is InChI=1S/C29H32O9/c1-18-21(11-12-30)28(29(31)36-6)27(38-17-20-8-10-23(33-3)26(14-20)35-5)15-24(18)37-16-19-7-9-22(32-2)25(13-19)34-4/h7-10,12-15H,11,16-17H2,1-6H3. The highest BCUT2D eigenvalue weighted by Crippen LogP contribution is 2.36. The van der Waals surface area contributed by atoms with Crippen LogP contribution in [-0.2, 0) is 29.2 Å². The molecule has 0 saturated carbocycles. The molecule has 0 radical (unpaired) electrons. The van der Waals surface area contributed by atoms with E-state index in [9.17, 15) is 9.59 Å². The Morgan fingerprint density at radius 3 is 1.63 bits per heavy atom. The van der Waals surface area contributed by atoms with Crippen molar-refractivity contribution in [1.82, 2.24) is 0 Å². The monoisotopic (exact) mass is 524 g/mol. The first-order valence-corrected chi connectivity index (χ1v) is 11.8. The van der Waals surface area contributed by atoms with Gasteiger partial charge in [0.2, 0.25) is 0 Å². The van der Waals surface area contributed by atoms with Gasteiger partial charge in [0.15, 0.2) is 23.0 Å². The van der Waals surface area contributed by atoms with Crippen molar-refractivity contribution in [2.24, 2.45) is 0 Å². The number of methoxy groups -OCH3 is 5. The first kappa shape index (κ1) is 28.2. The van der Waals surface area contributed by atoms with Crippen molar-refractivity contribution in [3.63, 3.8) is 0 Å². The highest BCUT2D eigenvalue weighted by atomic mass is 16.5. The number of hydrogen-bond acceptors (Lipinski definition) is 9. The van der Waals surface area contributed by atoms with Crippen LogP contribution >= 0.6 is 0 Å². The normalized spacial score (nSPS) is 10.4. The van der Waals surface area contributed by atoms with E-state index in [0.29, 0.717) is 39.9 Å². The molecule has 3 aromatic carbocycles. The van der Waals surface area contributed by atoms with E-state index in [2.05, 4.69) is 0 Å². The Morgan fingerprint density at radius 2 is 1.18 bits per heavy atom. The number of rotatable bonds is 13. The van der Waals surface area contributed by atoms with Crippen LogP contribution in [0.2, 0.25) is 0 Å². The van der Waals surface area contributed by atoms with Crippen LogP contribution in [0.5, 0.6) is 34.5 Å². The molecule has 3 rings (SSSR count). The predicted octanol–water partition coefficient (Wildman–Crippen LogP) is 4.72. The fourth-order valence-corrected chi connectivity index (χ4v) is 3.98. The van der Waals surface area contributed by atoms with Gasteiger partial charge in [-0.15, -0.1) is 0 Å². The van der Waals surface area contributed by atoms with Crippen molar-refractivity contribution < 1.29 is 42.7 Å². The van der Waals surface area contributed by atoms with Gasteiger partial charge in [0.05, 0.1) is 35.5 Å². The quantitative estimate of drug-likeness (QED) is 0.232. The van der Waals surface area contributed by atoms with E-state index in [1.807, 2.05) is 18.2 Å². The topological polar surface area (TPSA) is 98.8 Å². The Kier molecular flexibility index (Phi) is 9.81. The Hall–Kier alpha value is -4.40. The molecule has 0 bridgehead atoms. The second-order valence-corrected chi connectivity index (χ2v) is 8.17. The van der Waals surface area contributed by atoms with Gasteiger partial charge < -0.3 is 38.0 Å². The largest absolute Gasteiger partial charge is 0.493 e. The SMILES string of the molecule is COC(=O)c1c(OCc2ccc(OC)c(OC)c2)cc(OCc2ccc(OC)c(OC)c2)c(C)c1CC=O. The molecule has 0 fully saturated rings. The van der Waals surface area contributed by atoms with Crippen LogP contribution in [0.3, 0.4) is 0 Å². The molecule has 0 unspecified atom stereocenters. The van der Waals surface area contributed by atoms with E-state index in [4.69, 9.17) is 33.2 Å². The molecule has 0 aromatic heterocycles. The zero-order valence-electron chi connectivity index (χ0n) is 22.4. The number of benzene rings is 3. The zero-order valence-corrected chi connectivity index (χ0v) is 22.4. The first-order chi connectivity index (χ1) is 18.4. The third kappa shape index (κ3) is 6.29. The molecule has 0 aliphatic rings. The highest BCUT2D eigenvalue weighted by Gasteiger charge is 2.24. The molecule has 0 aliphatic heterocycles. The molecule has 9 nitrogen and oxygen atoms in total. The molecular formula is C29H32O9. The second-order valence-electron chi connectivity index (χ2n) is 8.17. The van der Waals surface area contributed by atoms with Gasteiger partial charge >= 0.3 is 5.97 Å². The molecule has 9 heteroatoms. The minimum atomic E-state index is -0.612. The third-order valence-electron chi connectivity index (χ3n) is 5.99. The molecule has 38 heavy (non-hydrogen) atoms. The second kappa shape index (κ2) is 13.2. The summed E-state index contributed by atoms with van der Waals surface area (Å²) in [6.07, 6.45) is 0.710. The Morgan fingerprint density at radius 1 is 0.684 bits per heavy atom. The molecular weight excluding hydrogens is 492 g/mol. The lowest BCUT2D eigenvalue weighted by atomic mass is 9.97. The van der Waals surface area contributed by atoms with E-state index < -0.39 is 5.97 Å². The van der Waals surface area contributed by atoms with Gasteiger partial charge in [0, 0.05) is 12.5 Å². The summed E-state index contributed by atoms with van der Waals surface area (Å²) in [5.74, 6) is 2.40. The van der Waals surface area contributed by atoms with Gasteiger partial charge in [-0.3, -0.25) is 0 Å². The van der Waals surface area contributed by atoms with Crippen molar-refractivity contribution in [1.29, 1.82) is 0 Å². The van der Waals surface area contributed by atoms with Crippen LogP contribution in [0.1, 0.15) is 32.6 Å². The number of esters is 1. The minimum absolute atomic E-state index is 0.0173. The summed E-state index contributed by atoms with van der Waals surface area (Å²) in [6, 6.07) is 12.5. The molecule has 0 heterocycles. The average molecular weight is 525 g/mol. The van der Waals surface area contributed by atoms with Crippen LogP contribution in [0.25, 0.3) is 0 Å². The van der Waals surface area contributed by atoms with Crippen molar-refractivity contribution in [2.75, 3.05) is 35.5 Å². The van der Waals surface area contributed by atoms with E-state index in [-0.39, 0.29) is 30.9 Å². The van der Waals surface area contributed by atoms with Gasteiger partial charge in [0.25, 0.3) is 0 Å². The lowest BCUT2D eigenvalue weighted by Crippen LogP contribution is -2.13. The Bertz CT molecular complexity index is 1280. The molecule has 0 saturated heterocycles. The molecule has 0 N–H and O–H groups in total. The molecule has 3 aromatic rings. The van der Waals surface area contributed by atoms with Gasteiger partial charge in [0.1, 0.15) is 36.6 Å². The van der Waals surface area contributed by atoms with Crippen molar-refractivity contribution in [3.05, 3.63) is 70.3 Å². The third-order valence-corrected chi connectivity index (χ3v) is 5.99. The summed E-state index contributed by atoms with van der Waals surface area (Å²) in [6.45, 7) is 2.10. The summed E-state index contributed by atoms with van der Waals surface area (Å²) in [5.41, 5.74) is 2.90. The number of ether oxygens (including phenoxy) is 7. The molecule has 202 valence electrons. The van der Waals surface area contributed by atoms with Crippen molar-refractivity contribution >= 4 is 12.3 Å². The van der Waals surface area contributed by atoms with Crippen LogP contribution in [0.15, 0.2) is 42.5 Å². The van der Waals surface area contributed by atoms with Crippen LogP contribution in [0, 0.1) is 6.92 Å². The van der Waals surface area contributed by atoms with E-state index in [1.54, 1.807) is 59.6 Å². The van der Waals surface area contributed by atoms with Gasteiger partial charge in [-0.05, 0) is 53.4 Å². The maximum atomic E-state index is 12.8. The minimum Gasteiger partial charge on any atom is -0.493 e. The summed E-state index contributed by atoms with van der Waals surface area (Å²) in [7, 11) is 7.51. The van der Waals surface area contributed by atoms with Crippen molar-refractivity contribution in [2.45, 2.75) is 26.6 Å². The number of carbonyl (C=O) groups excluding carboxylic acids is 2. The van der Waals surface area contributed by atoms with Crippen LogP contribution in [-0.4, -0.2) is 47.8 Å². The van der Waals surface area contributed by atoms with E-state index in [0.717, 1.165) is 17.4 Å². The van der Waals surface area contributed by atoms with Crippen LogP contribution in [0.4, 0.5) is 0 Å². The lowest BCUT2D eigenvalue weighted by Gasteiger charge is -2.20. The average Bonchev–Trinajstić information content (AvgIpc) is 2.95. The van der Waals surface area contributed by atoms with E-state index >= 15 is 0 Å². The maximum Gasteiger partial charge on any atom is 0.341 e. The number of carbonyl (C=O) groups is 2. The molecule has 0 amide bonds. The van der Waals surface area contributed by atoms with Gasteiger partial charge in [-0.2, -0.15) is 0 Å². The summed E-state index contributed by atoms with van der Waals surface area (Å²) < 4.78 is 38.6. The zero-order chi connectivity index (χ0) is 27.7. The predicted molar refractivity (Wildman–Crippen MR) is 140 cm³/mol. The Balaban J connectivity index is 1.97. The number of aldehydes is 1.